The third-order valence-corrected chi connectivity index (χ3v) is 3.32. The summed E-state index contributed by atoms with van der Waals surface area (Å²) in [6.45, 7) is 16.0. The predicted molar refractivity (Wildman–Crippen MR) is 106 cm³/mol. The van der Waals surface area contributed by atoms with E-state index in [0.717, 1.165) is 0 Å². The molecule has 5 N–H and O–H groups in total. The molecule has 8 nitrogen and oxygen atoms in total. The summed E-state index contributed by atoms with van der Waals surface area (Å²) in [7, 11) is 0. The minimum atomic E-state index is -0.982. The molecule has 0 unspecified atom stereocenters. The Morgan fingerprint density at radius 1 is 0.963 bits per heavy atom. The highest BCUT2D eigenvalue weighted by Crippen LogP contribution is 2.12. The second kappa shape index (κ2) is 11.6. The molecule has 0 aliphatic carbocycles. The van der Waals surface area contributed by atoms with E-state index in [4.69, 9.17) is 9.84 Å². The van der Waals surface area contributed by atoms with Gasteiger partial charge in [-0.3, -0.25) is 20.2 Å². The number of carbonyl (C=O) groups is 2. The summed E-state index contributed by atoms with van der Waals surface area (Å²) in [5, 5.41) is 33.4. The molecule has 0 rings (SSSR count). The maximum absolute atomic E-state index is 10.8. The van der Waals surface area contributed by atoms with Crippen molar-refractivity contribution < 1.29 is 29.6 Å². The monoisotopic (exact) mass is 392 g/mol. The van der Waals surface area contributed by atoms with Crippen LogP contribution in [0.4, 0.5) is 0 Å². The first-order valence-electron chi connectivity index (χ1n) is 9.13. The molecular formula is C19H40N2O6. The molecule has 0 saturated heterocycles. The van der Waals surface area contributed by atoms with Gasteiger partial charge >= 0.3 is 11.9 Å². The fraction of sp³-hybridized carbons (Fsp3) is 0.895. The Kier molecular flexibility index (Phi) is 12.0. The van der Waals surface area contributed by atoms with Crippen molar-refractivity contribution in [2.45, 2.75) is 85.0 Å². The Morgan fingerprint density at radius 3 is 1.59 bits per heavy atom. The minimum absolute atomic E-state index is 0.0490. The van der Waals surface area contributed by atoms with Gasteiger partial charge in [-0.25, -0.2) is 0 Å². The largest absolute Gasteiger partial charge is 0.480 e. The molecular weight excluding hydrogens is 352 g/mol. The molecule has 0 heterocycles. The molecule has 0 aromatic heterocycles. The van der Waals surface area contributed by atoms with E-state index < -0.39 is 23.5 Å². The Morgan fingerprint density at radius 2 is 1.41 bits per heavy atom. The van der Waals surface area contributed by atoms with E-state index in [1.165, 1.54) is 6.92 Å². The van der Waals surface area contributed by atoms with Crippen LogP contribution in [0.5, 0.6) is 0 Å². The van der Waals surface area contributed by atoms with Crippen LogP contribution in [0.1, 0.15) is 62.3 Å². The van der Waals surface area contributed by atoms with Crippen molar-refractivity contribution in [3.8, 4) is 0 Å². The van der Waals surface area contributed by atoms with E-state index in [1.54, 1.807) is 0 Å². The van der Waals surface area contributed by atoms with Crippen LogP contribution in [-0.4, -0.2) is 69.7 Å². The molecule has 0 radical (unpaired) electrons. The number of aliphatic carboxylic acids is 1. The third kappa shape index (κ3) is 14.5. The summed E-state index contributed by atoms with van der Waals surface area (Å²) in [6, 6.07) is -0.454. The highest BCUT2D eigenvalue weighted by molar-refractivity contribution is 5.73. The fourth-order valence-electron chi connectivity index (χ4n) is 2.27. The Bertz CT molecular complexity index is 448. The molecule has 27 heavy (non-hydrogen) atoms. The average Bonchev–Trinajstić information content (AvgIpc) is 2.47. The van der Waals surface area contributed by atoms with Crippen LogP contribution in [0, 0.1) is 5.92 Å². The summed E-state index contributed by atoms with van der Waals surface area (Å²) in [4.78, 5) is 21.4. The topological polar surface area (TPSA) is 128 Å². The number of carboxylic acid groups (broad SMARTS) is 1. The second-order valence-corrected chi connectivity index (χ2v) is 9.21. The quantitative estimate of drug-likeness (QED) is 0.389. The van der Waals surface area contributed by atoms with Gasteiger partial charge in [0.1, 0.15) is 12.6 Å². The van der Waals surface area contributed by atoms with Crippen LogP contribution in [0.25, 0.3) is 0 Å². The number of aliphatic hydroxyl groups is 2. The van der Waals surface area contributed by atoms with Crippen molar-refractivity contribution >= 4 is 11.9 Å². The Balaban J connectivity index is 0. The first-order chi connectivity index (χ1) is 12.0. The normalized spacial score (nSPS) is 13.6. The molecule has 0 spiro atoms. The van der Waals surface area contributed by atoms with Gasteiger partial charge in [0.25, 0.3) is 0 Å². The number of carbonyl (C=O) groups excluding carboxylic acids is 1. The van der Waals surface area contributed by atoms with Gasteiger partial charge in [-0.2, -0.15) is 0 Å². The molecule has 0 amide bonds. The van der Waals surface area contributed by atoms with E-state index >= 15 is 0 Å². The standard InChI is InChI=1S/C10H21NO4.C9H19NO2/c1-8(14)15-7-10(5-12,6-13)11-9(2,3)4;1-6(2)7(8(11)12)10-9(3,4)5/h11-13H,5-7H2,1-4H3;6-7,10H,1-5H3,(H,11,12)/t;7-/m.0/s1. The number of esters is 1. The van der Waals surface area contributed by atoms with E-state index in [0.29, 0.717) is 0 Å². The van der Waals surface area contributed by atoms with Crippen LogP contribution in [0.15, 0.2) is 0 Å². The Hall–Kier alpha value is -1.22. The second-order valence-electron chi connectivity index (χ2n) is 9.21. The molecule has 0 bridgehead atoms. The number of hydrogen-bond donors (Lipinski definition) is 5. The molecule has 1 atom stereocenters. The first kappa shape index (κ1) is 28.0. The van der Waals surface area contributed by atoms with Gasteiger partial charge < -0.3 is 20.1 Å². The van der Waals surface area contributed by atoms with Crippen LogP contribution in [-0.2, 0) is 14.3 Å². The zero-order chi connectivity index (χ0) is 22.1. The molecule has 162 valence electrons. The molecule has 0 aliphatic heterocycles. The van der Waals surface area contributed by atoms with Gasteiger partial charge in [0.05, 0.1) is 18.8 Å². The van der Waals surface area contributed by atoms with E-state index in [2.05, 4.69) is 10.6 Å². The van der Waals surface area contributed by atoms with E-state index in [9.17, 15) is 19.8 Å². The smallest absolute Gasteiger partial charge is 0.320 e. The van der Waals surface area contributed by atoms with Gasteiger partial charge in [-0.1, -0.05) is 13.8 Å². The van der Waals surface area contributed by atoms with Gasteiger partial charge in [0.15, 0.2) is 0 Å². The summed E-state index contributed by atoms with van der Waals surface area (Å²) in [5.41, 5.74) is -1.41. The third-order valence-electron chi connectivity index (χ3n) is 3.32. The lowest BCUT2D eigenvalue weighted by Gasteiger charge is -2.37. The Labute approximate surface area is 163 Å². The molecule has 0 aliphatic rings. The number of rotatable bonds is 8. The van der Waals surface area contributed by atoms with Crippen molar-refractivity contribution in [1.82, 2.24) is 10.6 Å². The SMILES string of the molecule is CC(=O)OCC(CO)(CO)NC(C)(C)C.CC(C)[C@H](NC(C)(C)C)C(=O)O. The number of ether oxygens (including phenoxy) is 1. The summed E-state index contributed by atoms with van der Waals surface area (Å²) in [5.74, 6) is -1.10. The van der Waals surface area contributed by atoms with Crippen LogP contribution < -0.4 is 10.6 Å². The van der Waals surface area contributed by atoms with Crippen molar-refractivity contribution in [2.24, 2.45) is 5.92 Å². The van der Waals surface area contributed by atoms with Crippen molar-refractivity contribution in [2.75, 3.05) is 19.8 Å². The number of aliphatic hydroxyl groups excluding tert-OH is 2. The maximum atomic E-state index is 10.8. The van der Waals surface area contributed by atoms with Crippen LogP contribution >= 0.6 is 0 Å². The van der Waals surface area contributed by atoms with Crippen molar-refractivity contribution in [3.63, 3.8) is 0 Å². The number of hydrogen-bond acceptors (Lipinski definition) is 7. The maximum Gasteiger partial charge on any atom is 0.320 e. The molecule has 0 aromatic carbocycles. The molecule has 8 heteroatoms. The summed E-state index contributed by atoms with van der Waals surface area (Å²) >= 11 is 0. The summed E-state index contributed by atoms with van der Waals surface area (Å²) < 4.78 is 4.81. The van der Waals surface area contributed by atoms with Crippen LogP contribution in [0.2, 0.25) is 0 Å². The van der Waals surface area contributed by atoms with Gasteiger partial charge in [0, 0.05) is 18.0 Å². The highest BCUT2D eigenvalue weighted by atomic mass is 16.5. The van der Waals surface area contributed by atoms with Gasteiger partial charge in [-0.05, 0) is 47.5 Å². The van der Waals surface area contributed by atoms with Crippen molar-refractivity contribution in [1.29, 1.82) is 0 Å². The van der Waals surface area contributed by atoms with Crippen molar-refractivity contribution in [3.05, 3.63) is 0 Å². The number of carboxylic acids is 1. The summed E-state index contributed by atoms with van der Waals surface area (Å²) in [6.07, 6.45) is 0. The van der Waals surface area contributed by atoms with E-state index in [1.807, 2.05) is 55.4 Å². The molecule has 0 fully saturated rings. The lowest BCUT2D eigenvalue weighted by Crippen LogP contribution is -2.61. The van der Waals surface area contributed by atoms with Gasteiger partial charge in [0.2, 0.25) is 0 Å². The zero-order valence-electron chi connectivity index (χ0n) is 18.3. The lowest BCUT2D eigenvalue weighted by atomic mass is 9.97. The average molecular weight is 393 g/mol. The highest BCUT2D eigenvalue weighted by Gasteiger charge is 2.34. The predicted octanol–water partition coefficient (Wildman–Crippen LogP) is 1.14. The van der Waals surface area contributed by atoms with E-state index in [-0.39, 0.29) is 36.8 Å². The minimum Gasteiger partial charge on any atom is -0.480 e. The zero-order valence-corrected chi connectivity index (χ0v) is 18.3. The first-order valence-corrected chi connectivity index (χ1v) is 9.13. The fourth-order valence-corrected chi connectivity index (χ4v) is 2.27. The number of nitrogens with one attached hydrogen (secondary N) is 2. The van der Waals surface area contributed by atoms with Crippen LogP contribution in [0.3, 0.4) is 0 Å². The lowest BCUT2D eigenvalue weighted by molar-refractivity contribution is -0.145. The molecule has 0 aromatic rings. The van der Waals surface area contributed by atoms with Gasteiger partial charge in [-0.15, -0.1) is 0 Å². The molecule has 0 saturated carbocycles.